The Labute approximate surface area is 144 Å². The third-order valence-corrected chi connectivity index (χ3v) is 6.73. The van der Waals surface area contributed by atoms with E-state index in [2.05, 4.69) is 40.4 Å². The summed E-state index contributed by atoms with van der Waals surface area (Å²) in [7, 11) is 0. The Morgan fingerprint density at radius 2 is 2.23 bits per heavy atom. The van der Waals surface area contributed by atoms with Crippen molar-refractivity contribution in [2.24, 2.45) is 0 Å². The predicted molar refractivity (Wildman–Crippen MR) is 97.9 cm³/mol. The molecule has 0 amide bonds. The summed E-state index contributed by atoms with van der Waals surface area (Å²) in [6.45, 7) is 4.79. The van der Waals surface area contributed by atoms with E-state index in [1.165, 1.54) is 4.88 Å². The maximum absolute atomic E-state index is 12.8. The van der Waals surface area contributed by atoms with Crippen molar-refractivity contribution in [2.75, 3.05) is 0 Å². The summed E-state index contributed by atoms with van der Waals surface area (Å²) in [5.74, 6) is 0.834. The van der Waals surface area contributed by atoms with Gasteiger partial charge < -0.3 is 0 Å². The molecule has 0 unspecified atom stereocenters. The van der Waals surface area contributed by atoms with E-state index in [9.17, 15) is 4.79 Å². The summed E-state index contributed by atoms with van der Waals surface area (Å²) < 4.78 is 2.94. The molecule has 0 N–H and O–H groups in total. The molecule has 1 aliphatic heterocycles. The molecule has 0 fully saturated rings. The van der Waals surface area contributed by atoms with Crippen LogP contribution in [-0.4, -0.2) is 9.55 Å². The number of rotatable bonds is 1. The van der Waals surface area contributed by atoms with Gasteiger partial charge in [0.1, 0.15) is 10.7 Å². The van der Waals surface area contributed by atoms with Gasteiger partial charge in [0.2, 0.25) is 0 Å². The highest BCUT2D eigenvalue weighted by Gasteiger charge is 2.23. The minimum atomic E-state index is 0.108. The van der Waals surface area contributed by atoms with E-state index in [-0.39, 0.29) is 5.56 Å². The fourth-order valence-electron chi connectivity index (χ4n) is 2.86. The Hall–Kier alpha value is -1.24. The van der Waals surface area contributed by atoms with Gasteiger partial charge in [0.05, 0.1) is 9.17 Å². The molecule has 3 aromatic rings. The first-order chi connectivity index (χ1) is 10.5. The molecule has 3 nitrogen and oxygen atoms in total. The van der Waals surface area contributed by atoms with E-state index in [1.54, 1.807) is 22.7 Å². The Kier molecular flexibility index (Phi) is 3.36. The fraction of sp³-hybridized carbons (Fsp3) is 0.250. The van der Waals surface area contributed by atoms with Gasteiger partial charge in [-0.2, -0.15) is 0 Å². The van der Waals surface area contributed by atoms with Crippen molar-refractivity contribution in [1.29, 1.82) is 0 Å². The molecule has 4 rings (SSSR count). The number of aromatic nitrogens is 2. The summed E-state index contributed by atoms with van der Waals surface area (Å²) in [6.07, 6.45) is 3.01. The fourth-order valence-corrected chi connectivity index (χ4v) is 5.01. The van der Waals surface area contributed by atoms with Gasteiger partial charge in [0.25, 0.3) is 5.56 Å². The van der Waals surface area contributed by atoms with E-state index >= 15 is 0 Å². The Bertz CT molecular complexity index is 994. The standard InChI is InChI=1S/C16H13BrN2OS2/c1-8-9(2)22-15-13(8)16(20)19-4-3-11(14(19)18-15)5-10-6-12(17)21-7-10/h5-7H,3-4H2,1-2H3/b11-5-. The van der Waals surface area contributed by atoms with Gasteiger partial charge in [0, 0.05) is 11.4 Å². The predicted octanol–water partition coefficient (Wildman–Crippen LogP) is 4.84. The van der Waals surface area contributed by atoms with Crippen molar-refractivity contribution in [3.05, 3.63) is 47.4 Å². The molecule has 0 aromatic carbocycles. The van der Waals surface area contributed by atoms with Gasteiger partial charge in [0.15, 0.2) is 0 Å². The van der Waals surface area contributed by atoms with Crippen molar-refractivity contribution in [2.45, 2.75) is 26.8 Å². The molecule has 6 heteroatoms. The quantitative estimate of drug-likeness (QED) is 0.593. The van der Waals surface area contributed by atoms with Crippen LogP contribution in [0.1, 0.15) is 28.2 Å². The number of nitrogens with zero attached hydrogens (tertiary/aromatic N) is 2. The monoisotopic (exact) mass is 392 g/mol. The molecule has 0 bridgehead atoms. The van der Waals surface area contributed by atoms with Gasteiger partial charge >= 0.3 is 0 Å². The lowest BCUT2D eigenvalue weighted by molar-refractivity contribution is 0.726. The largest absolute Gasteiger partial charge is 0.292 e. The van der Waals surface area contributed by atoms with Crippen LogP contribution in [0.2, 0.25) is 0 Å². The molecular formula is C16H13BrN2OS2. The summed E-state index contributed by atoms with van der Waals surface area (Å²) in [4.78, 5) is 19.6. The molecule has 0 spiro atoms. The minimum Gasteiger partial charge on any atom is -0.292 e. The Morgan fingerprint density at radius 1 is 1.41 bits per heavy atom. The smallest absolute Gasteiger partial charge is 0.262 e. The maximum Gasteiger partial charge on any atom is 0.262 e. The van der Waals surface area contributed by atoms with E-state index in [0.717, 1.165) is 49.5 Å². The molecule has 0 atom stereocenters. The average molecular weight is 393 g/mol. The second-order valence-corrected chi connectivity index (χ2v) is 8.95. The zero-order valence-electron chi connectivity index (χ0n) is 12.1. The number of halogens is 1. The molecule has 22 heavy (non-hydrogen) atoms. The number of allylic oxidation sites excluding steroid dienone is 1. The van der Waals surface area contributed by atoms with Crippen molar-refractivity contribution in [3.8, 4) is 0 Å². The summed E-state index contributed by atoms with van der Waals surface area (Å²) in [5, 5.41) is 2.90. The lowest BCUT2D eigenvalue weighted by atomic mass is 10.1. The second kappa shape index (κ2) is 5.15. The molecule has 0 saturated heterocycles. The van der Waals surface area contributed by atoms with Gasteiger partial charge in [-0.1, -0.05) is 0 Å². The second-order valence-electron chi connectivity index (χ2n) is 5.46. The highest BCUT2D eigenvalue weighted by atomic mass is 79.9. The Morgan fingerprint density at radius 3 is 2.95 bits per heavy atom. The maximum atomic E-state index is 12.8. The van der Waals surface area contributed by atoms with Crippen LogP contribution in [0.25, 0.3) is 21.9 Å². The number of thiophene rings is 2. The summed E-state index contributed by atoms with van der Waals surface area (Å²) in [6, 6.07) is 2.09. The number of fused-ring (bicyclic) bond motifs is 2. The topological polar surface area (TPSA) is 34.9 Å². The zero-order valence-corrected chi connectivity index (χ0v) is 15.4. The third-order valence-electron chi connectivity index (χ3n) is 4.11. The van der Waals surface area contributed by atoms with Crippen molar-refractivity contribution >= 4 is 60.5 Å². The number of aryl methyl sites for hydroxylation is 2. The average Bonchev–Trinajstić information content (AvgIpc) is 3.13. The molecule has 0 saturated carbocycles. The van der Waals surface area contributed by atoms with Gasteiger partial charge in [-0.15, -0.1) is 22.7 Å². The zero-order chi connectivity index (χ0) is 15.4. The molecule has 112 valence electrons. The van der Waals surface area contributed by atoms with Crippen LogP contribution in [0.3, 0.4) is 0 Å². The van der Waals surface area contributed by atoms with E-state index in [4.69, 9.17) is 4.98 Å². The summed E-state index contributed by atoms with van der Waals surface area (Å²) >= 11 is 6.77. The molecule has 4 heterocycles. The first-order valence-corrected chi connectivity index (χ1v) is 9.49. The highest BCUT2D eigenvalue weighted by Crippen LogP contribution is 2.32. The van der Waals surface area contributed by atoms with Crippen LogP contribution in [0, 0.1) is 13.8 Å². The van der Waals surface area contributed by atoms with E-state index in [0.29, 0.717) is 0 Å². The van der Waals surface area contributed by atoms with Crippen molar-refractivity contribution < 1.29 is 0 Å². The van der Waals surface area contributed by atoms with Crippen LogP contribution < -0.4 is 5.56 Å². The first kappa shape index (κ1) is 14.4. The molecule has 1 aliphatic rings. The van der Waals surface area contributed by atoms with E-state index in [1.807, 2.05) is 11.5 Å². The molecule has 0 radical (unpaired) electrons. The third kappa shape index (κ3) is 2.13. The van der Waals surface area contributed by atoms with Crippen molar-refractivity contribution in [1.82, 2.24) is 9.55 Å². The molecule has 0 aliphatic carbocycles. The van der Waals surface area contributed by atoms with Crippen LogP contribution in [0.15, 0.2) is 20.0 Å². The van der Waals surface area contributed by atoms with Crippen LogP contribution in [0.5, 0.6) is 0 Å². The van der Waals surface area contributed by atoms with Crippen molar-refractivity contribution in [3.63, 3.8) is 0 Å². The molecular weight excluding hydrogens is 380 g/mol. The Balaban J connectivity index is 1.94. The minimum absolute atomic E-state index is 0.108. The van der Waals surface area contributed by atoms with Crippen LogP contribution >= 0.6 is 38.6 Å². The highest BCUT2D eigenvalue weighted by molar-refractivity contribution is 9.11. The lowest BCUT2D eigenvalue weighted by Crippen LogP contribution is -2.20. The van der Waals surface area contributed by atoms with Gasteiger partial charge in [-0.25, -0.2) is 4.98 Å². The SMILES string of the molecule is Cc1sc2nc3n(c(=O)c2c1C)CC/C3=C/c1csc(Br)c1. The normalized spacial score (nSPS) is 15.9. The number of hydrogen-bond acceptors (Lipinski definition) is 4. The van der Waals surface area contributed by atoms with Crippen LogP contribution in [0.4, 0.5) is 0 Å². The summed E-state index contributed by atoms with van der Waals surface area (Å²) in [5.41, 5.74) is 3.49. The molecule has 3 aromatic heterocycles. The van der Waals surface area contributed by atoms with Gasteiger partial charge in [-0.3, -0.25) is 9.36 Å². The van der Waals surface area contributed by atoms with Gasteiger partial charge in [-0.05, 0) is 70.4 Å². The van der Waals surface area contributed by atoms with E-state index < -0.39 is 0 Å². The number of hydrogen-bond donors (Lipinski definition) is 0. The first-order valence-electron chi connectivity index (χ1n) is 7.00. The lowest BCUT2D eigenvalue weighted by Gasteiger charge is -2.03. The van der Waals surface area contributed by atoms with Crippen LogP contribution in [-0.2, 0) is 6.54 Å².